The minimum atomic E-state index is -0.521. The number of thiazole rings is 1. The van der Waals surface area contributed by atoms with E-state index in [0.29, 0.717) is 22.9 Å². The van der Waals surface area contributed by atoms with E-state index in [2.05, 4.69) is 15.6 Å². The number of aryl methyl sites for hydroxylation is 1. The molecule has 35 heavy (non-hydrogen) atoms. The maximum absolute atomic E-state index is 12.7. The van der Waals surface area contributed by atoms with Gasteiger partial charge in [0.15, 0.2) is 0 Å². The van der Waals surface area contributed by atoms with Gasteiger partial charge >= 0.3 is 0 Å². The zero-order chi connectivity index (χ0) is 25.8. The number of hydrazine groups is 1. The first-order chi connectivity index (χ1) is 16.5. The summed E-state index contributed by atoms with van der Waals surface area (Å²) in [5.41, 5.74) is 8.08. The van der Waals surface area contributed by atoms with Crippen molar-refractivity contribution in [3.63, 3.8) is 0 Å². The molecule has 1 saturated heterocycles. The number of rotatable bonds is 6. The highest BCUT2D eigenvalue weighted by atomic mass is 32.1. The molecular formula is C25H35N7O2S. The molecule has 8 N–H and O–H groups in total. The van der Waals surface area contributed by atoms with Crippen LogP contribution < -0.4 is 27.2 Å². The zero-order valence-electron chi connectivity index (χ0n) is 20.7. The molecule has 1 aromatic carbocycles. The summed E-state index contributed by atoms with van der Waals surface area (Å²) in [4.78, 5) is 18.1. The van der Waals surface area contributed by atoms with Gasteiger partial charge in [-0.3, -0.25) is 15.2 Å². The molecule has 0 spiro atoms. The maximum Gasteiger partial charge on any atom is 0.256 e. The van der Waals surface area contributed by atoms with E-state index in [1.54, 1.807) is 41.9 Å². The van der Waals surface area contributed by atoms with Crippen molar-refractivity contribution in [2.75, 3.05) is 18.1 Å². The first-order valence-electron chi connectivity index (χ1n) is 11.6. The molecule has 1 aliphatic heterocycles. The SMILES string of the molecule is Cc1ccc(C(=O)NC(=N)/C=C(\O)C(C)(C)C)cc1N(N)/C=C(\N)c1cnc(C2CCNCC2)s1. The van der Waals surface area contributed by atoms with Crippen LogP contribution in [-0.2, 0) is 0 Å². The van der Waals surface area contributed by atoms with Crippen LogP contribution in [0.15, 0.2) is 42.4 Å². The number of allylic oxidation sites excluding steroid dienone is 1. The third-order valence-corrected chi connectivity index (χ3v) is 7.03. The normalized spacial score (nSPS) is 15.7. The summed E-state index contributed by atoms with van der Waals surface area (Å²) in [6.07, 6.45) is 6.77. The largest absolute Gasteiger partial charge is 0.512 e. The van der Waals surface area contributed by atoms with Crippen molar-refractivity contribution < 1.29 is 9.90 Å². The van der Waals surface area contributed by atoms with Gasteiger partial charge in [0.05, 0.1) is 21.3 Å². The summed E-state index contributed by atoms with van der Waals surface area (Å²) in [5, 5.41) is 26.4. The summed E-state index contributed by atoms with van der Waals surface area (Å²) in [5.74, 6) is 6.08. The van der Waals surface area contributed by atoms with E-state index in [1.807, 2.05) is 27.7 Å². The summed E-state index contributed by atoms with van der Waals surface area (Å²) in [7, 11) is 0. The Morgan fingerprint density at radius 3 is 2.69 bits per heavy atom. The number of amidine groups is 1. The smallest absolute Gasteiger partial charge is 0.256 e. The lowest BCUT2D eigenvalue weighted by atomic mass is 9.93. The molecule has 2 heterocycles. The molecule has 0 unspecified atom stereocenters. The van der Waals surface area contributed by atoms with Gasteiger partial charge in [0.25, 0.3) is 5.91 Å². The molecule has 3 rings (SSSR count). The van der Waals surface area contributed by atoms with Gasteiger partial charge in [-0.2, -0.15) is 0 Å². The van der Waals surface area contributed by atoms with Crippen LogP contribution in [0.4, 0.5) is 5.69 Å². The quantitative estimate of drug-likeness (QED) is 0.117. The lowest BCUT2D eigenvalue weighted by Gasteiger charge is -2.20. The van der Waals surface area contributed by atoms with E-state index in [4.69, 9.17) is 17.0 Å². The number of nitrogens with zero attached hydrogens (tertiary/aromatic N) is 2. The average molecular weight is 498 g/mol. The number of anilines is 1. The van der Waals surface area contributed by atoms with Crippen LogP contribution >= 0.6 is 11.3 Å². The van der Waals surface area contributed by atoms with Crippen LogP contribution in [0.25, 0.3) is 5.70 Å². The van der Waals surface area contributed by atoms with Crippen molar-refractivity contribution in [2.45, 2.75) is 46.5 Å². The molecule has 9 nitrogen and oxygen atoms in total. The third kappa shape index (κ3) is 6.91. The van der Waals surface area contributed by atoms with Crippen LogP contribution in [0, 0.1) is 17.7 Å². The molecule has 1 fully saturated rings. The Morgan fingerprint density at radius 2 is 2.03 bits per heavy atom. The molecule has 1 aliphatic rings. The number of aliphatic hydroxyl groups excluding tert-OH is 1. The Balaban J connectivity index is 1.74. The number of carbonyl (C=O) groups is 1. The molecule has 0 bridgehead atoms. The summed E-state index contributed by atoms with van der Waals surface area (Å²) >= 11 is 1.58. The minimum absolute atomic E-state index is 0.00696. The van der Waals surface area contributed by atoms with Gasteiger partial charge in [-0.1, -0.05) is 26.8 Å². The van der Waals surface area contributed by atoms with Crippen LogP contribution in [0.5, 0.6) is 0 Å². The lowest BCUT2D eigenvalue weighted by Crippen LogP contribution is -2.30. The van der Waals surface area contributed by atoms with Gasteiger partial charge < -0.3 is 21.5 Å². The van der Waals surface area contributed by atoms with Gasteiger partial charge in [-0.05, 0) is 50.6 Å². The molecule has 1 amide bonds. The van der Waals surface area contributed by atoms with Gasteiger partial charge in [0, 0.05) is 35.4 Å². The highest BCUT2D eigenvalue weighted by Gasteiger charge is 2.20. The molecule has 0 atom stereocenters. The highest BCUT2D eigenvalue weighted by molar-refractivity contribution is 7.12. The fourth-order valence-electron chi connectivity index (χ4n) is 3.57. The van der Waals surface area contributed by atoms with E-state index in [0.717, 1.165) is 41.4 Å². The van der Waals surface area contributed by atoms with Crippen molar-refractivity contribution in [3.05, 3.63) is 63.4 Å². The van der Waals surface area contributed by atoms with Gasteiger partial charge in [-0.15, -0.1) is 11.3 Å². The number of aliphatic hydroxyl groups is 1. The van der Waals surface area contributed by atoms with Crippen molar-refractivity contribution in [3.8, 4) is 0 Å². The van der Waals surface area contributed by atoms with Gasteiger partial charge in [0.2, 0.25) is 0 Å². The second-order valence-electron chi connectivity index (χ2n) is 9.73. The fourth-order valence-corrected chi connectivity index (χ4v) is 4.58. The Hall–Kier alpha value is -3.21. The third-order valence-electron chi connectivity index (χ3n) is 5.82. The number of benzene rings is 1. The molecule has 1 aromatic heterocycles. The predicted octanol–water partition coefficient (Wildman–Crippen LogP) is 3.75. The maximum atomic E-state index is 12.7. The molecule has 0 radical (unpaired) electrons. The molecule has 188 valence electrons. The van der Waals surface area contributed by atoms with Crippen molar-refractivity contribution in [1.82, 2.24) is 15.6 Å². The van der Waals surface area contributed by atoms with Gasteiger partial charge in [0.1, 0.15) is 11.6 Å². The Labute approximate surface area is 210 Å². The second-order valence-corrected chi connectivity index (χ2v) is 10.8. The fraction of sp³-hybridized carbons (Fsp3) is 0.400. The van der Waals surface area contributed by atoms with E-state index in [9.17, 15) is 9.90 Å². The van der Waals surface area contributed by atoms with Crippen LogP contribution in [-0.4, -0.2) is 34.9 Å². The standard InChI is InChI=1S/C25H35N7O2S/c1-15-5-6-17(23(34)31-22(27)12-21(33)25(2,3)4)11-19(15)32(28)14-18(26)20-13-30-24(35-20)16-7-9-29-10-8-16/h5-6,11-14,16,29,33H,7-10,26,28H2,1-4H3,(H2,27,31,34)/b18-14-,21-12-. The van der Waals surface area contributed by atoms with E-state index >= 15 is 0 Å². The second kappa shape index (κ2) is 11.0. The van der Waals surface area contributed by atoms with E-state index in [-0.39, 0.29) is 11.6 Å². The van der Waals surface area contributed by atoms with Crippen molar-refractivity contribution in [2.24, 2.45) is 17.0 Å². The Morgan fingerprint density at radius 1 is 1.34 bits per heavy atom. The molecule has 2 aromatic rings. The minimum Gasteiger partial charge on any atom is -0.512 e. The number of piperidine rings is 1. The predicted molar refractivity (Wildman–Crippen MR) is 142 cm³/mol. The number of nitrogens with one attached hydrogen (secondary N) is 3. The van der Waals surface area contributed by atoms with E-state index in [1.165, 1.54) is 11.1 Å². The van der Waals surface area contributed by atoms with Gasteiger partial charge in [-0.25, -0.2) is 10.8 Å². The monoisotopic (exact) mass is 497 g/mol. The molecule has 0 saturated carbocycles. The number of carbonyl (C=O) groups excluding carboxylic acids is 1. The van der Waals surface area contributed by atoms with Crippen LogP contribution in [0.2, 0.25) is 0 Å². The van der Waals surface area contributed by atoms with E-state index < -0.39 is 11.3 Å². The number of hydrogen-bond donors (Lipinski definition) is 6. The molecule has 10 heteroatoms. The molecular weight excluding hydrogens is 462 g/mol. The average Bonchev–Trinajstić information content (AvgIpc) is 3.29. The summed E-state index contributed by atoms with van der Waals surface area (Å²) in [6, 6.07) is 5.08. The zero-order valence-corrected chi connectivity index (χ0v) is 21.5. The van der Waals surface area contributed by atoms with Crippen molar-refractivity contribution >= 4 is 34.5 Å². The number of aromatic nitrogens is 1. The highest BCUT2D eigenvalue weighted by Crippen LogP contribution is 2.31. The summed E-state index contributed by atoms with van der Waals surface area (Å²) in [6.45, 7) is 9.33. The number of nitrogens with two attached hydrogens (primary N) is 2. The first-order valence-corrected chi connectivity index (χ1v) is 12.4. The Bertz CT molecular complexity index is 1140. The Kier molecular flexibility index (Phi) is 8.31. The molecule has 0 aliphatic carbocycles. The number of amides is 1. The van der Waals surface area contributed by atoms with Crippen LogP contribution in [0.1, 0.15) is 65.3 Å². The summed E-state index contributed by atoms with van der Waals surface area (Å²) < 4.78 is 0. The van der Waals surface area contributed by atoms with Crippen LogP contribution in [0.3, 0.4) is 0 Å². The first kappa shape index (κ1) is 26.4. The van der Waals surface area contributed by atoms with Crippen molar-refractivity contribution in [1.29, 1.82) is 5.41 Å². The lowest BCUT2D eigenvalue weighted by molar-refractivity contribution is 0.0977. The number of hydrogen-bond acceptors (Lipinski definition) is 9. The topological polar surface area (TPSA) is 153 Å².